The van der Waals surface area contributed by atoms with Gasteiger partial charge in [0.1, 0.15) is 6.17 Å². The van der Waals surface area contributed by atoms with Crippen LogP contribution in [0, 0.1) is 0 Å². The minimum Gasteiger partial charge on any atom is -0.351 e. The van der Waals surface area contributed by atoms with Crippen LogP contribution in [0.25, 0.3) is 0 Å². The molecule has 21 heavy (non-hydrogen) atoms. The first-order valence-corrected chi connectivity index (χ1v) is 8.10. The van der Waals surface area contributed by atoms with Crippen LogP contribution in [0.3, 0.4) is 0 Å². The minimum atomic E-state index is 0.0993. The number of hydrogen-bond acceptors (Lipinski definition) is 2. The van der Waals surface area contributed by atoms with E-state index in [-0.39, 0.29) is 5.16 Å². The number of anilines is 3. The maximum atomic E-state index is 3.13. The molecular weight excluding hydrogens is 275 g/mol. The highest BCUT2D eigenvalue weighted by molar-refractivity contribution is 7.19. The smallest absolute Gasteiger partial charge is 0.116 e. The highest BCUT2D eigenvalue weighted by Crippen LogP contribution is 2.57. The van der Waals surface area contributed by atoms with Crippen LogP contribution < -0.4 is 9.80 Å². The van der Waals surface area contributed by atoms with Gasteiger partial charge in [0.2, 0.25) is 0 Å². The summed E-state index contributed by atoms with van der Waals surface area (Å²) in [4.78, 5) is 4.94. The van der Waals surface area contributed by atoms with Crippen LogP contribution in [0.1, 0.15) is 25.3 Å². The van der Waals surface area contributed by atoms with Gasteiger partial charge in [-0.15, -0.1) is 9.24 Å². The molecule has 0 aliphatic carbocycles. The van der Waals surface area contributed by atoms with Gasteiger partial charge in [-0.05, 0) is 29.7 Å². The van der Waals surface area contributed by atoms with Crippen molar-refractivity contribution in [1.82, 2.24) is 0 Å². The van der Waals surface area contributed by atoms with E-state index in [0.717, 1.165) is 0 Å². The number of rotatable bonds is 0. The van der Waals surface area contributed by atoms with Crippen molar-refractivity contribution in [2.75, 3.05) is 16.8 Å². The third kappa shape index (κ3) is 1.57. The van der Waals surface area contributed by atoms with Gasteiger partial charge >= 0.3 is 0 Å². The maximum Gasteiger partial charge on any atom is 0.116 e. The zero-order chi connectivity index (χ0) is 14.8. The van der Waals surface area contributed by atoms with E-state index in [2.05, 4.69) is 88.5 Å². The molecule has 0 bridgehead atoms. The Morgan fingerprint density at radius 2 is 1.52 bits per heavy atom. The van der Waals surface area contributed by atoms with E-state index < -0.39 is 0 Å². The zero-order valence-electron chi connectivity index (χ0n) is 12.7. The van der Waals surface area contributed by atoms with Crippen LogP contribution in [0.4, 0.5) is 17.1 Å². The monoisotopic (exact) mass is 296 g/mol. The number of fused-ring (bicyclic) bond motifs is 5. The second-order valence-corrected chi connectivity index (χ2v) is 7.73. The van der Waals surface area contributed by atoms with Crippen LogP contribution in [0.15, 0.2) is 48.5 Å². The lowest BCUT2D eigenvalue weighted by Crippen LogP contribution is -2.56. The molecule has 0 N–H and O–H groups in total. The largest absolute Gasteiger partial charge is 0.351 e. The van der Waals surface area contributed by atoms with Crippen molar-refractivity contribution in [2.24, 2.45) is 0 Å². The van der Waals surface area contributed by atoms with Crippen molar-refractivity contribution in [3.8, 4) is 0 Å². The summed E-state index contributed by atoms with van der Waals surface area (Å²) < 4.78 is 0. The molecule has 0 spiro atoms. The van der Waals surface area contributed by atoms with Gasteiger partial charge in [-0.1, -0.05) is 44.2 Å². The molecular formula is C18H21N2P. The number of nitrogens with zero attached hydrogens (tertiary/aromatic N) is 2. The average Bonchev–Trinajstić information content (AvgIpc) is 2.80. The molecule has 0 radical (unpaired) electrons. The van der Waals surface area contributed by atoms with E-state index in [4.69, 9.17) is 0 Å². The predicted octanol–water partition coefficient (Wildman–Crippen LogP) is 4.35. The molecule has 0 saturated carbocycles. The van der Waals surface area contributed by atoms with E-state index in [1.165, 1.54) is 22.6 Å². The molecule has 3 heteroatoms. The molecule has 4 unspecified atom stereocenters. The van der Waals surface area contributed by atoms with Gasteiger partial charge in [0.05, 0.1) is 11.4 Å². The second-order valence-electron chi connectivity index (χ2n) is 6.49. The third-order valence-corrected chi connectivity index (χ3v) is 6.08. The van der Waals surface area contributed by atoms with E-state index in [9.17, 15) is 0 Å². The van der Waals surface area contributed by atoms with E-state index in [1.54, 1.807) is 0 Å². The van der Waals surface area contributed by atoms with Crippen LogP contribution in [0.2, 0.25) is 0 Å². The highest BCUT2D eigenvalue weighted by Gasteiger charge is 2.51. The molecule has 0 fully saturated rings. The Morgan fingerprint density at radius 1 is 0.952 bits per heavy atom. The lowest BCUT2D eigenvalue weighted by atomic mass is 9.80. The van der Waals surface area contributed by atoms with Gasteiger partial charge in [0, 0.05) is 17.9 Å². The summed E-state index contributed by atoms with van der Waals surface area (Å²) in [6, 6.07) is 17.6. The van der Waals surface area contributed by atoms with Gasteiger partial charge < -0.3 is 9.80 Å². The van der Waals surface area contributed by atoms with Crippen molar-refractivity contribution >= 4 is 26.3 Å². The molecule has 2 nitrogen and oxygen atoms in total. The Hall–Kier alpha value is -1.53. The Morgan fingerprint density at radius 3 is 2.24 bits per heavy atom. The van der Waals surface area contributed by atoms with Gasteiger partial charge in [-0.2, -0.15) is 0 Å². The normalized spacial score (nSPS) is 29.9. The fourth-order valence-corrected chi connectivity index (χ4v) is 4.54. The Labute approximate surface area is 129 Å². The van der Waals surface area contributed by atoms with Crippen molar-refractivity contribution in [2.45, 2.75) is 31.1 Å². The summed E-state index contributed by atoms with van der Waals surface area (Å²) in [5.74, 6) is 0.497. The van der Waals surface area contributed by atoms with E-state index in [1.807, 2.05) is 0 Å². The number of hydrogen-bond donors (Lipinski definition) is 0. The minimum absolute atomic E-state index is 0.0993. The molecule has 2 aliphatic heterocycles. The molecule has 0 saturated heterocycles. The maximum absolute atomic E-state index is 3.13. The quantitative estimate of drug-likeness (QED) is 0.667. The molecule has 108 valence electrons. The predicted molar refractivity (Wildman–Crippen MR) is 93.7 cm³/mol. The fourth-order valence-electron chi connectivity index (χ4n) is 3.99. The number of para-hydroxylation sites is 3. The summed E-state index contributed by atoms with van der Waals surface area (Å²) in [6.07, 6.45) is 0.338. The van der Waals surface area contributed by atoms with Crippen LogP contribution >= 0.6 is 9.24 Å². The Bertz CT molecular complexity index is 710. The molecule has 4 rings (SSSR count). The number of benzene rings is 2. The van der Waals surface area contributed by atoms with Crippen LogP contribution in [-0.4, -0.2) is 18.4 Å². The molecule has 0 aromatic heterocycles. The Kier molecular flexibility index (Phi) is 2.65. The second kappa shape index (κ2) is 4.24. The first kappa shape index (κ1) is 13.2. The van der Waals surface area contributed by atoms with E-state index >= 15 is 0 Å². The van der Waals surface area contributed by atoms with Crippen molar-refractivity contribution in [1.29, 1.82) is 0 Å². The summed E-state index contributed by atoms with van der Waals surface area (Å²) >= 11 is 0. The fraction of sp³-hybridized carbons (Fsp3) is 0.333. The first-order valence-electron chi connectivity index (χ1n) is 7.52. The lowest BCUT2D eigenvalue weighted by Gasteiger charge is -2.50. The summed E-state index contributed by atoms with van der Waals surface area (Å²) in [6.45, 7) is 4.71. The molecule has 2 aromatic rings. The van der Waals surface area contributed by atoms with Crippen LogP contribution in [0.5, 0.6) is 0 Å². The Balaban J connectivity index is 2.02. The van der Waals surface area contributed by atoms with E-state index in [0.29, 0.717) is 12.1 Å². The van der Waals surface area contributed by atoms with Gasteiger partial charge in [0.15, 0.2) is 0 Å². The average molecular weight is 296 g/mol. The third-order valence-electron chi connectivity index (χ3n) is 5.28. The van der Waals surface area contributed by atoms with Crippen molar-refractivity contribution < 1.29 is 0 Å². The summed E-state index contributed by atoms with van der Waals surface area (Å²) in [5, 5.41) is 0.0993. The van der Waals surface area contributed by atoms with Crippen LogP contribution in [-0.2, 0) is 0 Å². The highest BCUT2D eigenvalue weighted by atomic mass is 31.0. The van der Waals surface area contributed by atoms with Gasteiger partial charge in [0.25, 0.3) is 0 Å². The van der Waals surface area contributed by atoms with Gasteiger partial charge in [-0.25, -0.2) is 0 Å². The topological polar surface area (TPSA) is 6.48 Å². The lowest BCUT2D eigenvalue weighted by molar-refractivity contribution is 0.422. The zero-order valence-corrected chi connectivity index (χ0v) is 13.9. The molecule has 2 aromatic carbocycles. The van der Waals surface area contributed by atoms with Gasteiger partial charge in [-0.3, -0.25) is 0 Å². The molecule has 4 atom stereocenters. The van der Waals surface area contributed by atoms with Crippen molar-refractivity contribution in [3.05, 3.63) is 54.1 Å². The molecule has 2 heterocycles. The first-order chi connectivity index (χ1) is 10.0. The standard InChI is InChI=1S/C18H21N2P/c1-12-13-8-4-5-9-14(13)20-16-11-7-6-10-15(16)19(3)17(20)18(12,2)21/h4-12,17H,21H2,1-3H3. The summed E-state index contributed by atoms with van der Waals surface area (Å²) in [7, 11) is 5.35. The molecule has 2 aliphatic rings. The SMILES string of the molecule is CC1c2ccccc2N2c3ccccc3N(C)C2C1(C)P. The molecule has 0 amide bonds. The summed E-state index contributed by atoms with van der Waals surface area (Å²) in [5.41, 5.74) is 5.43. The van der Waals surface area contributed by atoms with Crippen molar-refractivity contribution in [3.63, 3.8) is 0 Å².